The number of nitrogens with one attached hydrogen (secondary N) is 1. The van der Waals surface area contributed by atoms with E-state index in [0.29, 0.717) is 18.2 Å². The van der Waals surface area contributed by atoms with Crippen molar-refractivity contribution in [1.29, 1.82) is 0 Å². The van der Waals surface area contributed by atoms with E-state index in [1.807, 2.05) is 14.0 Å². The molecule has 5 heteroatoms. The predicted molar refractivity (Wildman–Crippen MR) is 69.6 cm³/mol. The molecule has 2 rings (SSSR count). The Labute approximate surface area is 108 Å². The molecule has 2 atom stereocenters. The van der Waals surface area contributed by atoms with Gasteiger partial charge >= 0.3 is 0 Å². The molecule has 1 aliphatic heterocycles. The molecule has 0 radical (unpaired) electrons. The Hall–Kier alpha value is -1.07. The van der Waals surface area contributed by atoms with Gasteiger partial charge in [0.1, 0.15) is 11.3 Å². The van der Waals surface area contributed by atoms with Gasteiger partial charge in [-0.25, -0.2) is 0 Å². The molecule has 2 unspecified atom stereocenters. The number of aromatic nitrogens is 2. The number of hydrogen-bond acceptors (Lipinski definition) is 4. The number of aryl methyl sites for hydroxylation is 1. The van der Waals surface area contributed by atoms with Crippen LogP contribution in [0.25, 0.3) is 0 Å². The molecule has 1 fully saturated rings. The molecular formula is C13H23N3O2. The summed E-state index contributed by atoms with van der Waals surface area (Å²) in [6.07, 6.45) is 5.92. The summed E-state index contributed by atoms with van der Waals surface area (Å²) in [7, 11) is 3.44. The first-order valence-electron chi connectivity index (χ1n) is 6.57. The molecule has 102 valence electrons. The summed E-state index contributed by atoms with van der Waals surface area (Å²) in [6.45, 7) is 2.88. The Balaban J connectivity index is 2.15. The molecule has 0 aromatic carbocycles. The summed E-state index contributed by atoms with van der Waals surface area (Å²) < 4.78 is 6.97. The normalized spacial score (nSPS) is 23.7. The molecule has 0 aliphatic carbocycles. The first kappa shape index (κ1) is 13.4. The van der Waals surface area contributed by atoms with E-state index in [9.17, 15) is 5.11 Å². The monoisotopic (exact) mass is 253 g/mol. The van der Waals surface area contributed by atoms with Gasteiger partial charge in [-0.2, -0.15) is 5.10 Å². The molecule has 0 spiro atoms. The smallest absolute Gasteiger partial charge is 0.162 e. The van der Waals surface area contributed by atoms with E-state index in [0.717, 1.165) is 18.7 Å². The lowest BCUT2D eigenvalue weighted by atomic mass is 9.89. The summed E-state index contributed by atoms with van der Waals surface area (Å²) in [4.78, 5) is 0. The maximum absolute atomic E-state index is 10.7. The van der Waals surface area contributed by atoms with E-state index in [-0.39, 0.29) is 0 Å². The van der Waals surface area contributed by atoms with Crippen molar-refractivity contribution in [2.45, 2.75) is 44.2 Å². The predicted octanol–water partition coefficient (Wildman–Crippen LogP) is 1.17. The third-order valence-electron chi connectivity index (χ3n) is 3.69. The van der Waals surface area contributed by atoms with Crippen molar-refractivity contribution >= 4 is 0 Å². The highest BCUT2D eigenvalue weighted by atomic mass is 16.5. The van der Waals surface area contributed by atoms with Crippen molar-refractivity contribution in [2.75, 3.05) is 13.7 Å². The fourth-order valence-electron chi connectivity index (χ4n) is 2.86. The van der Waals surface area contributed by atoms with Gasteiger partial charge in [-0.3, -0.25) is 4.68 Å². The van der Waals surface area contributed by atoms with Crippen LogP contribution < -0.4 is 10.1 Å². The molecule has 5 nitrogen and oxygen atoms in total. The third kappa shape index (κ3) is 2.67. The average Bonchev–Trinajstić information content (AvgIpc) is 2.72. The molecular weight excluding hydrogens is 230 g/mol. The van der Waals surface area contributed by atoms with Crippen LogP contribution in [0.3, 0.4) is 0 Å². The molecule has 18 heavy (non-hydrogen) atoms. The van der Waals surface area contributed by atoms with Crippen molar-refractivity contribution in [2.24, 2.45) is 7.05 Å². The number of ether oxygens (including phenoxy) is 1. The highest BCUT2D eigenvalue weighted by Gasteiger charge is 2.33. The van der Waals surface area contributed by atoms with E-state index in [1.54, 1.807) is 18.0 Å². The zero-order valence-electron chi connectivity index (χ0n) is 11.4. The minimum Gasteiger partial charge on any atom is -0.493 e. The van der Waals surface area contributed by atoms with Crippen LogP contribution in [0.15, 0.2) is 6.20 Å². The number of nitrogens with zero attached hydrogens (tertiary/aromatic N) is 2. The Morgan fingerprint density at radius 3 is 3.00 bits per heavy atom. The molecule has 0 saturated carbocycles. The lowest BCUT2D eigenvalue weighted by Crippen LogP contribution is -2.40. The third-order valence-corrected chi connectivity index (χ3v) is 3.69. The summed E-state index contributed by atoms with van der Waals surface area (Å²) in [5, 5.41) is 18.4. The topological polar surface area (TPSA) is 59.3 Å². The molecule has 1 aromatic rings. The maximum Gasteiger partial charge on any atom is 0.162 e. The van der Waals surface area contributed by atoms with Gasteiger partial charge in [-0.1, -0.05) is 6.42 Å². The maximum atomic E-state index is 10.7. The minimum absolute atomic E-state index is 0.369. The molecule has 1 saturated heterocycles. The van der Waals surface area contributed by atoms with Gasteiger partial charge in [0.25, 0.3) is 0 Å². The van der Waals surface area contributed by atoms with Crippen molar-refractivity contribution in [3.8, 4) is 5.75 Å². The standard InChI is InChI=1S/C13H23N3O2/c1-13(17,8-10-6-4-5-7-14-10)12-11(18-3)9-15-16(12)2/h9-10,14,17H,4-8H2,1-3H3. The summed E-state index contributed by atoms with van der Waals surface area (Å²) >= 11 is 0. The zero-order chi connectivity index (χ0) is 13.2. The van der Waals surface area contributed by atoms with Gasteiger partial charge < -0.3 is 15.2 Å². The number of aliphatic hydroxyl groups is 1. The van der Waals surface area contributed by atoms with Crippen LogP contribution in [0.5, 0.6) is 5.75 Å². The fraction of sp³-hybridized carbons (Fsp3) is 0.769. The largest absolute Gasteiger partial charge is 0.493 e. The molecule has 1 aliphatic rings. The second kappa shape index (κ2) is 5.28. The Morgan fingerprint density at radius 2 is 2.39 bits per heavy atom. The second-order valence-corrected chi connectivity index (χ2v) is 5.31. The van der Waals surface area contributed by atoms with E-state index >= 15 is 0 Å². The number of hydrogen-bond donors (Lipinski definition) is 2. The van der Waals surface area contributed by atoms with Gasteiger partial charge in [0.05, 0.1) is 13.3 Å². The van der Waals surface area contributed by atoms with Gasteiger partial charge in [-0.05, 0) is 32.7 Å². The summed E-state index contributed by atoms with van der Waals surface area (Å²) in [6, 6.07) is 0.369. The average molecular weight is 253 g/mol. The second-order valence-electron chi connectivity index (χ2n) is 5.31. The van der Waals surface area contributed by atoms with Gasteiger partial charge in [0, 0.05) is 13.1 Å². The first-order chi connectivity index (χ1) is 8.54. The van der Waals surface area contributed by atoms with Gasteiger partial charge in [0.15, 0.2) is 5.75 Å². The van der Waals surface area contributed by atoms with Crippen LogP contribution in [-0.4, -0.2) is 34.6 Å². The van der Waals surface area contributed by atoms with Crippen molar-refractivity contribution < 1.29 is 9.84 Å². The lowest BCUT2D eigenvalue weighted by Gasteiger charge is -2.32. The Bertz CT molecular complexity index is 395. The Kier molecular flexibility index (Phi) is 3.92. The van der Waals surface area contributed by atoms with Crippen LogP contribution in [0.1, 0.15) is 38.3 Å². The SMILES string of the molecule is COc1cnn(C)c1C(C)(O)CC1CCCCN1. The van der Waals surface area contributed by atoms with Crippen molar-refractivity contribution in [3.63, 3.8) is 0 Å². The van der Waals surface area contributed by atoms with Crippen molar-refractivity contribution in [1.82, 2.24) is 15.1 Å². The van der Waals surface area contributed by atoms with E-state index in [2.05, 4.69) is 10.4 Å². The highest BCUT2D eigenvalue weighted by Crippen LogP contribution is 2.33. The van der Waals surface area contributed by atoms with Crippen molar-refractivity contribution in [3.05, 3.63) is 11.9 Å². The fourth-order valence-corrected chi connectivity index (χ4v) is 2.86. The summed E-state index contributed by atoms with van der Waals surface area (Å²) in [5.74, 6) is 0.651. The summed E-state index contributed by atoms with van der Waals surface area (Å²) in [5.41, 5.74) is -0.177. The lowest BCUT2D eigenvalue weighted by molar-refractivity contribution is 0.0232. The van der Waals surface area contributed by atoms with Gasteiger partial charge in [-0.15, -0.1) is 0 Å². The van der Waals surface area contributed by atoms with Crippen LogP contribution in [0.4, 0.5) is 0 Å². The molecule has 0 amide bonds. The quantitative estimate of drug-likeness (QED) is 0.845. The van der Waals surface area contributed by atoms with E-state index in [1.165, 1.54) is 12.8 Å². The number of methoxy groups -OCH3 is 1. The Morgan fingerprint density at radius 1 is 1.61 bits per heavy atom. The zero-order valence-corrected chi connectivity index (χ0v) is 11.4. The number of piperidine rings is 1. The van der Waals surface area contributed by atoms with Crippen LogP contribution in [0.2, 0.25) is 0 Å². The minimum atomic E-state index is -0.925. The molecule has 2 heterocycles. The molecule has 2 N–H and O–H groups in total. The van der Waals surface area contributed by atoms with Gasteiger partial charge in [0.2, 0.25) is 0 Å². The molecule has 1 aromatic heterocycles. The molecule has 0 bridgehead atoms. The van der Waals surface area contributed by atoms with Crippen LogP contribution >= 0.6 is 0 Å². The van der Waals surface area contributed by atoms with E-state index in [4.69, 9.17) is 4.74 Å². The van der Waals surface area contributed by atoms with E-state index < -0.39 is 5.60 Å². The number of rotatable bonds is 4. The van der Waals surface area contributed by atoms with Crippen LogP contribution in [-0.2, 0) is 12.6 Å². The first-order valence-corrected chi connectivity index (χ1v) is 6.57. The highest BCUT2D eigenvalue weighted by molar-refractivity contribution is 5.30. The van der Waals surface area contributed by atoms with Crippen LogP contribution in [0, 0.1) is 0 Å².